The highest BCUT2D eigenvalue weighted by Crippen LogP contribution is 2.30. The molecule has 6 nitrogen and oxygen atoms in total. The molecule has 4 aromatic rings. The average Bonchev–Trinajstić information content (AvgIpc) is 3.42. The number of likely N-dealkylation sites (tertiary alicyclic amines) is 1. The van der Waals surface area contributed by atoms with Gasteiger partial charge in [-0.3, -0.25) is 19.9 Å². The summed E-state index contributed by atoms with van der Waals surface area (Å²) < 4.78 is 0. The first-order valence-electron chi connectivity index (χ1n) is 9.38. The minimum absolute atomic E-state index is 0.0108. The van der Waals surface area contributed by atoms with Crippen molar-refractivity contribution in [3.8, 4) is 11.3 Å². The molecule has 0 saturated carbocycles. The fourth-order valence-corrected chi connectivity index (χ4v) is 3.87. The third kappa shape index (κ3) is 2.93. The lowest BCUT2D eigenvalue weighted by molar-refractivity contribution is 0.0787. The number of nitrogens with zero attached hydrogens (tertiary/aromatic N) is 4. The van der Waals surface area contributed by atoms with E-state index in [1.54, 1.807) is 12.4 Å². The molecule has 0 aliphatic carbocycles. The van der Waals surface area contributed by atoms with E-state index in [2.05, 4.69) is 26.2 Å². The number of para-hydroxylation sites is 1. The summed E-state index contributed by atoms with van der Waals surface area (Å²) in [5, 5.41) is 8.08. The third-order valence-electron chi connectivity index (χ3n) is 5.38. The van der Waals surface area contributed by atoms with Crippen molar-refractivity contribution in [3.05, 3.63) is 78.4 Å². The van der Waals surface area contributed by atoms with Crippen molar-refractivity contribution in [1.29, 1.82) is 0 Å². The molecule has 0 spiro atoms. The number of aromatic amines is 1. The second-order valence-corrected chi connectivity index (χ2v) is 7.06. The number of rotatable bonds is 3. The Morgan fingerprint density at radius 3 is 2.82 bits per heavy atom. The van der Waals surface area contributed by atoms with Gasteiger partial charge in [0.05, 0.1) is 11.2 Å². The van der Waals surface area contributed by atoms with Gasteiger partial charge in [-0.15, -0.1) is 0 Å². The number of amides is 1. The average molecular weight is 369 g/mol. The lowest BCUT2D eigenvalue weighted by atomic mass is 9.97. The largest absolute Gasteiger partial charge is 0.337 e. The number of carbonyl (C=O) groups is 1. The van der Waals surface area contributed by atoms with Crippen LogP contribution in [0.2, 0.25) is 0 Å². The number of nitrogens with one attached hydrogen (secondary N) is 1. The number of H-pyrrole nitrogens is 1. The molecule has 0 unspecified atom stereocenters. The van der Waals surface area contributed by atoms with Crippen molar-refractivity contribution in [2.45, 2.75) is 12.3 Å². The molecular weight excluding hydrogens is 350 g/mol. The molecule has 1 fully saturated rings. The second-order valence-electron chi connectivity index (χ2n) is 7.06. The van der Waals surface area contributed by atoms with Crippen LogP contribution in [0.4, 0.5) is 0 Å². The van der Waals surface area contributed by atoms with Gasteiger partial charge in [0, 0.05) is 48.5 Å². The minimum atomic E-state index is -0.0108. The molecule has 1 aromatic carbocycles. The summed E-state index contributed by atoms with van der Waals surface area (Å²) in [6, 6.07) is 15.8. The van der Waals surface area contributed by atoms with Gasteiger partial charge in [0.25, 0.3) is 5.91 Å². The van der Waals surface area contributed by atoms with Gasteiger partial charge in [0.15, 0.2) is 5.69 Å². The summed E-state index contributed by atoms with van der Waals surface area (Å²) in [6.07, 6.45) is 6.33. The Labute approximate surface area is 162 Å². The molecule has 0 radical (unpaired) electrons. The first-order valence-corrected chi connectivity index (χ1v) is 9.38. The van der Waals surface area contributed by atoms with Crippen LogP contribution in [0.1, 0.15) is 28.4 Å². The van der Waals surface area contributed by atoms with Crippen LogP contribution in [-0.4, -0.2) is 44.1 Å². The molecule has 1 saturated heterocycles. The van der Waals surface area contributed by atoms with Gasteiger partial charge in [0.1, 0.15) is 0 Å². The Morgan fingerprint density at radius 2 is 1.93 bits per heavy atom. The maximum absolute atomic E-state index is 13.0. The molecule has 1 aliphatic rings. The lowest BCUT2D eigenvalue weighted by Gasteiger charge is -2.16. The summed E-state index contributed by atoms with van der Waals surface area (Å²) >= 11 is 0. The number of hydrogen-bond acceptors (Lipinski definition) is 4. The van der Waals surface area contributed by atoms with Crippen LogP contribution in [0.3, 0.4) is 0 Å². The fourth-order valence-electron chi connectivity index (χ4n) is 3.87. The molecule has 28 heavy (non-hydrogen) atoms. The number of fused-ring (bicyclic) bond motifs is 1. The highest BCUT2D eigenvalue weighted by molar-refractivity contribution is 6.04. The van der Waals surface area contributed by atoms with Crippen LogP contribution in [0.25, 0.3) is 22.2 Å². The van der Waals surface area contributed by atoms with Gasteiger partial charge >= 0.3 is 0 Å². The van der Waals surface area contributed by atoms with Crippen molar-refractivity contribution >= 4 is 16.8 Å². The van der Waals surface area contributed by atoms with E-state index in [4.69, 9.17) is 0 Å². The maximum atomic E-state index is 13.0. The zero-order valence-corrected chi connectivity index (χ0v) is 15.2. The Hall–Kier alpha value is -3.54. The highest BCUT2D eigenvalue weighted by atomic mass is 16.2. The van der Waals surface area contributed by atoms with Gasteiger partial charge in [-0.2, -0.15) is 5.10 Å². The molecule has 138 valence electrons. The van der Waals surface area contributed by atoms with Crippen LogP contribution >= 0.6 is 0 Å². The monoisotopic (exact) mass is 369 g/mol. The Morgan fingerprint density at radius 1 is 1.07 bits per heavy atom. The molecule has 0 bridgehead atoms. The van der Waals surface area contributed by atoms with Crippen LogP contribution < -0.4 is 0 Å². The molecule has 1 amide bonds. The number of aromatic nitrogens is 4. The standard InChI is InChI=1S/C22H19N5O/c28-22(21-18-3-1-2-4-19(18)25-26-21)27-12-8-17(14-27)16-7-11-24-20(13-16)15-5-9-23-10-6-15/h1-7,9-11,13,17H,8,12,14H2,(H,25,26)/t17-/m0/s1. The molecule has 1 N–H and O–H groups in total. The van der Waals surface area contributed by atoms with E-state index in [1.807, 2.05) is 53.6 Å². The first-order chi connectivity index (χ1) is 13.8. The number of benzene rings is 1. The number of pyridine rings is 2. The molecule has 1 atom stereocenters. The van der Waals surface area contributed by atoms with Crippen molar-refractivity contribution in [2.24, 2.45) is 0 Å². The van der Waals surface area contributed by atoms with E-state index in [-0.39, 0.29) is 5.91 Å². The van der Waals surface area contributed by atoms with Crippen molar-refractivity contribution in [2.75, 3.05) is 13.1 Å². The Balaban J connectivity index is 1.37. The van der Waals surface area contributed by atoms with E-state index in [9.17, 15) is 4.79 Å². The smallest absolute Gasteiger partial charge is 0.275 e. The number of carbonyl (C=O) groups excluding carboxylic acids is 1. The summed E-state index contributed by atoms with van der Waals surface area (Å²) in [4.78, 5) is 23.5. The predicted octanol–water partition coefficient (Wildman–Crippen LogP) is 3.65. The summed E-state index contributed by atoms with van der Waals surface area (Å²) in [6.45, 7) is 1.43. The predicted molar refractivity (Wildman–Crippen MR) is 107 cm³/mol. The minimum Gasteiger partial charge on any atom is -0.337 e. The fraction of sp³-hybridized carbons (Fsp3) is 0.182. The van der Waals surface area contributed by atoms with Crippen LogP contribution in [0.15, 0.2) is 67.1 Å². The van der Waals surface area contributed by atoms with E-state index < -0.39 is 0 Å². The van der Waals surface area contributed by atoms with E-state index >= 15 is 0 Å². The van der Waals surface area contributed by atoms with E-state index in [1.165, 1.54) is 5.56 Å². The summed E-state index contributed by atoms with van der Waals surface area (Å²) in [7, 11) is 0. The van der Waals surface area contributed by atoms with Crippen molar-refractivity contribution in [3.63, 3.8) is 0 Å². The molecule has 3 aromatic heterocycles. The Kier molecular flexibility index (Phi) is 4.09. The topological polar surface area (TPSA) is 74.8 Å². The quantitative estimate of drug-likeness (QED) is 0.598. The first kappa shape index (κ1) is 16.6. The second kappa shape index (κ2) is 6.88. The van der Waals surface area contributed by atoms with Crippen LogP contribution in [0, 0.1) is 0 Å². The van der Waals surface area contributed by atoms with Crippen LogP contribution in [0.5, 0.6) is 0 Å². The van der Waals surface area contributed by atoms with Gasteiger partial charge < -0.3 is 4.90 Å². The zero-order chi connectivity index (χ0) is 18.9. The third-order valence-corrected chi connectivity index (χ3v) is 5.38. The molecule has 1 aliphatic heterocycles. The van der Waals surface area contributed by atoms with Gasteiger partial charge in [-0.25, -0.2) is 0 Å². The zero-order valence-electron chi connectivity index (χ0n) is 15.2. The van der Waals surface area contributed by atoms with Crippen LogP contribution in [-0.2, 0) is 0 Å². The highest BCUT2D eigenvalue weighted by Gasteiger charge is 2.30. The van der Waals surface area contributed by atoms with Gasteiger partial charge in [-0.1, -0.05) is 18.2 Å². The lowest BCUT2D eigenvalue weighted by Crippen LogP contribution is -2.28. The SMILES string of the molecule is O=C(c1n[nH]c2ccccc12)N1CC[C@H](c2ccnc(-c3ccncc3)c2)C1. The van der Waals surface area contributed by atoms with E-state index in [0.717, 1.165) is 35.1 Å². The molecule has 6 heteroatoms. The summed E-state index contributed by atoms with van der Waals surface area (Å²) in [5.74, 6) is 0.293. The molecule has 5 rings (SSSR count). The summed E-state index contributed by atoms with van der Waals surface area (Å²) in [5.41, 5.74) is 4.58. The maximum Gasteiger partial charge on any atom is 0.275 e. The molecule has 4 heterocycles. The Bertz CT molecular complexity index is 1140. The molecular formula is C22H19N5O. The van der Waals surface area contributed by atoms with Gasteiger partial charge in [0.2, 0.25) is 0 Å². The van der Waals surface area contributed by atoms with E-state index in [0.29, 0.717) is 18.2 Å². The van der Waals surface area contributed by atoms with Crippen molar-refractivity contribution < 1.29 is 4.79 Å². The number of hydrogen-bond donors (Lipinski definition) is 1. The normalized spacial score (nSPS) is 16.6. The van der Waals surface area contributed by atoms with Crippen molar-refractivity contribution in [1.82, 2.24) is 25.1 Å². The van der Waals surface area contributed by atoms with Gasteiger partial charge in [-0.05, 0) is 42.3 Å².